The number of fused-ring (bicyclic) bond motifs is 1. The monoisotopic (exact) mass is 308 g/mol. The molecule has 102 valence electrons. The Morgan fingerprint density at radius 1 is 1.15 bits per heavy atom. The predicted octanol–water partition coefficient (Wildman–Crippen LogP) is 3.45. The topological polar surface area (TPSA) is 78.5 Å². The number of anilines is 3. The van der Waals surface area contributed by atoms with Gasteiger partial charge in [-0.15, -0.1) is 0 Å². The Kier molecular flexibility index (Phi) is 3.33. The second-order valence-corrected chi connectivity index (χ2v) is 4.82. The number of aromatic nitrogens is 4. The number of halogens is 2. The fourth-order valence-electron chi connectivity index (χ4n) is 1.75. The highest BCUT2D eigenvalue weighted by Crippen LogP contribution is 2.28. The van der Waals surface area contributed by atoms with Crippen LogP contribution in [0.1, 0.15) is 0 Å². The smallest absolute Gasteiger partial charge is 0.226 e. The molecule has 0 amide bonds. The zero-order valence-corrected chi connectivity index (χ0v) is 11.9. The van der Waals surface area contributed by atoms with E-state index in [2.05, 4.69) is 30.6 Å². The van der Waals surface area contributed by atoms with E-state index in [9.17, 15) is 0 Å². The molecular weight excluding hydrogens is 299 g/mol. The van der Waals surface area contributed by atoms with Gasteiger partial charge in [0.05, 0.1) is 16.4 Å². The maximum atomic E-state index is 6.00. The molecule has 0 fully saturated rings. The first-order valence-electron chi connectivity index (χ1n) is 5.78. The fraction of sp³-hybridized carbons (Fsp3) is 0.0833. The lowest BCUT2D eigenvalue weighted by Crippen LogP contribution is -2.01. The molecule has 0 bridgehead atoms. The lowest BCUT2D eigenvalue weighted by atomic mass is 10.3. The predicted molar refractivity (Wildman–Crippen MR) is 81.0 cm³/mol. The van der Waals surface area contributed by atoms with Crippen molar-refractivity contribution in [3.05, 3.63) is 34.6 Å². The van der Waals surface area contributed by atoms with Gasteiger partial charge in [-0.2, -0.15) is 9.97 Å². The van der Waals surface area contributed by atoms with Gasteiger partial charge in [0.15, 0.2) is 11.5 Å². The Bertz CT molecular complexity index is 770. The standard InChI is InChI=1S/C12H10Cl2N6/c1-15-12-19-10-9(16-5-17-10)11(20-12)18-6-2-3-7(13)8(14)4-6/h2-5H,1H3,(H3,15,16,17,18,19,20). The quantitative estimate of drug-likeness (QED) is 0.690. The van der Waals surface area contributed by atoms with E-state index >= 15 is 0 Å². The molecule has 0 aliphatic heterocycles. The Balaban J connectivity index is 2.04. The van der Waals surface area contributed by atoms with Gasteiger partial charge in [0.2, 0.25) is 5.95 Å². The summed E-state index contributed by atoms with van der Waals surface area (Å²) in [6.45, 7) is 0. The minimum absolute atomic E-state index is 0.473. The molecule has 3 rings (SSSR count). The molecule has 2 heterocycles. The summed E-state index contributed by atoms with van der Waals surface area (Å²) < 4.78 is 0. The lowest BCUT2D eigenvalue weighted by molar-refractivity contribution is 1.18. The first kappa shape index (κ1) is 13.0. The number of rotatable bonds is 3. The maximum Gasteiger partial charge on any atom is 0.226 e. The average Bonchev–Trinajstić information content (AvgIpc) is 2.91. The zero-order chi connectivity index (χ0) is 14.1. The Morgan fingerprint density at radius 2 is 2.00 bits per heavy atom. The van der Waals surface area contributed by atoms with Crippen LogP contribution in [0.5, 0.6) is 0 Å². The van der Waals surface area contributed by atoms with Crippen LogP contribution in [-0.2, 0) is 0 Å². The van der Waals surface area contributed by atoms with Gasteiger partial charge in [0, 0.05) is 12.7 Å². The summed E-state index contributed by atoms with van der Waals surface area (Å²) in [7, 11) is 1.75. The molecule has 3 N–H and O–H groups in total. The van der Waals surface area contributed by atoms with Crippen molar-refractivity contribution in [2.45, 2.75) is 0 Å². The number of nitrogens with one attached hydrogen (secondary N) is 3. The number of hydrogen-bond donors (Lipinski definition) is 3. The minimum atomic E-state index is 0.473. The van der Waals surface area contributed by atoms with Crippen LogP contribution in [0.2, 0.25) is 10.0 Å². The average molecular weight is 309 g/mol. The van der Waals surface area contributed by atoms with Crippen LogP contribution in [-0.4, -0.2) is 27.0 Å². The summed E-state index contributed by atoms with van der Waals surface area (Å²) in [5.41, 5.74) is 2.07. The number of H-pyrrole nitrogens is 1. The van der Waals surface area contributed by atoms with Crippen molar-refractivity contribution < 1.29 is 0 Å². The van der Waals surface area contributed by atoms with Crippen LogP contribution in [0.4, 0.5) is 17.5 Å². The number of hydrogen-bond acceptors (Lipinski definition) is 5. The third-order valence-electron chi connectivity index (χ3n) is 2.69. The van der Waals surface area contributed by atoms with Gasteiger partial charge in [0.25, 0.3) is 0 Å². The molecule has 20 heavy (non-hydrogen) atoms. The Hall–Kier alpha value is -2.05. The Labute approximate surface area is 124 Å². The van der Waals surface area contributed by atoms with E-state index in [0.717, 1.165) is 11.2 Å². The summed E-state index contributed by atoms with van der Waals surface area (Å²) in [5, 5.41) is 7.04. The third kappa shape index (κ3) is 2.35. The van der Waals surface area contributed by atoms with Crippen LogP contribution >= 0.6 is 23.2 Å². The van der Waals surface area contributed by atoms with E-state index in [-0.39, 0.29) is 0 Å². The largest absolute Gasteiger partial charge is 0.357 e. The van der Waals surface area contributed by atoms with Gasteiger partial charge in [0.1, 0.15) is 5.52 Å². The van der Waals surface area contributed by atoms with Crippen molar-refractivity contribution in [3.63, 3.8) is 0 Å². The molecule has 1 aromatic carbocycles. The number of aromatic amines is 1. The first-order valence-corrected chi connectivity index (χ1v) is 6.54. The van der Waals surface area contributed by atoms with E-state index in [4.69, 9.17) is 23.2 Å². The Morgan fingerprint density at radius 3 is 2.75 bits per heavy atom. The second kappa shape index (κ2) is 5.15. The summed E-state index contributed by atoms with van der Waals surface area (Å²) in [6.07, 6.45) is 1.57. The molecule has 0 atom stereocenters. The van der Waals surface area contributed by atoms with Crippen LogP contribution in [0.15, 0.2) is 24.5 Å². The van der Waals surface area contributed by atoms with E-state index in [1.165, 1.54) is 0 Å². The molecule has 0 saturated heterocycles. The molecule has 0 unspecified atom stereocenters. The van der Waals surface area contributed by atoms with Gasteiger partial charge in [-0.05, 0) is 18.2 Å². The molecule has 0 spiro atoms. The van der Waals surface area contributed by atoms with Crippen molar-refractivity contribution in [1.29, 1.82) is 0 Å². The van der Waals surface area contributed by atoms with Crippen molar-refractivity contribution in [3.8, 4) is 0 Å². The molecule has 0 aliphatic carbocycles. The maximum absolute atomic E-state index is 6.00. The van der Waals surface area contributed by atoms with Crippen molar-refractivity contribution in [1.82, 2.24) is 19.9 Å². The molecule has 0 aliphatic rings. The number of benzene rings is 1. The highest BCUT2D eigenvalue weighted by molar-refractivity contribution is 6.42. The van der Waals surface area contributed by atoms with Crippen LogP contribution in [0, 0.1) is 0 Å². The summed E-state index contributed by atoms with van der Waals surface area (Å²) >= 11 is 11.9. The molecule has 8 heteroatoms. The van der Waals surface area contributed by atoms with Crippen LogP contribution in [0.3, 0.4) is 0 Å². The van der Waals surface area contributed by atoms with E-state index in [1.54, 1.807) is 25.5 Å². The minimum Gasteiger partial charge on any atom is -0.357 e. The third-order valence-corrected chi connectivity index (χ3v) is 3.43. The number of imidazole rings is 1. The normalized spacial score (nSPS) is 10.8. The highest BCUT2D eigenvalue weighted by Gasteiger charge is 2.10. The molecule has 3 aromatic rings. The van der Waals surface area contributed by atoms with Crippen molar-refractivity contribution in [2.24, 2.45) is 0 Å². The molecule has 2 aromatic heterocycles. The fourth-order valence-corrected chi connectivity index (χ4v) is 2.04. The van der Waals surface area contributed by atoms with E-state index in [1.807, 2.05) is 6.07 Å². The number of nitrogens with zero attached hydrogens (tertiary/aromatic N) is 3. The van der Waals surface area contributed by atoms with Crippen LogP contribution in [0.25, 0.3) is 11.2 Å². The molecular formula is C12H10Cl2N6. The second-order valence-electron chi connectivity index (χ2n) is 4.00. The molecule has 0 saturated carbocycles. The van der Waals surface area contributed by atoms with Crippen LogP contribution < -0.4 is 10.6 Å². The lowest BCUT2D eigenvalue weighted by Gasteiger charge is -2.08. The first-order chi connectivity index (χ1) is 9.67. The van der Waals surface area contributed by atoms with Gasteiger partial charge in [-0.1, -0.05) is 23.2 Å². The van der Waals surface area contributed by atoms with E-state index in [0.29, 0.717) is 27.5 Å². The van der Waals surface area contributed by atoms with Crippen molar-refractivity contribution >= 4 is 51.8 Å². The zero-order valence-electron chi connectivity index (χ0n) is 10.4. The van der Waals surface area contributed by atoms with Gasteiger partial charge in [-0.3, -0.25) is 0 Å². The summed E-state index contributed by atoms with van der Waals surface area (Å²) in [4.78, 5) is 15.7. The SMILES string of the molecule is CNc1nc(Nc2ccc(Cl)c(Cl)c2)c2[nH]cnc2n1. The molecule has 0 radical (unpaired) electrons. The van der Waals surface area contributed by atoms with E-state index < -0.39 is 0 Å². The summed E-state index contributed by atoms with van der Waals surface area (Å²) in [6, 6.07) is 5.27. The summed E-state index contributed by atoms with van der Waals surface area (Å²) in [5.74, 6) is 1.09. The van der Waals surface area contributed by atoms with Gasteiger partial charge < -0.3 is 15.6 Å². The van der Waals surface area contributed by atoms with Gasteiger partial charge in [-0.25, -0.2) is 4.98 Å². The van der Waals surface area contributed by atoms with Crippen molar-refractivity contribution in [2.75, 3.05) is 17.7 Å². The highest BCUT2D eigenvalue weighted by atomic mass is 35.5. The molecule has 6 nitrogen and oxygen atoms in total. The van der Waals surface area contributed by atoms with Gasteiger partial charge >= 0.3 is 0 Å².